The number of hydrazine groups is 1. The molecule has 1 aliphatic carbocycles. The highest BCUT2D eigenvalue weighted by Crippen LogP contribution is 2.36. The Balaban J connectivity index is 2.31. The van der Waals surface area contributed by atoms with E-state index in [1.165, 1.54) is 5.01 Å². The van der Waals surface area contributed by atoms with Crippen molar-refractivity contribution in [3.05, 3.63) is 47.0 Å². The maximum Gasteiger partial charge on any atom is 0.429 e. The Morgan fingerprint density at radius 2 is 1.68 bits per heavy atom. The molecule has 0 radical (unpaired) electrons. The van der Waals surface area contributed by atoms with Crippen molar-refractivity contribution in [2.45, 2.75) is 71.1 Å². The second-order valence-electron chi connectivity index (χ2n) is 8.75. The van der Waals surface area contributed by atoms with Crippen LogP contribution in [0.15, 0.2) is 36.4 Å². The zero-order valence-corrected chi connectivity index (χ0v) is 18.0. The molecular weight excluding hydrogens is 380 g/mol. The van der Waals surface area contributed by atoms with Crippen molar-refractivity contribution in [3.63, 3.8) is 0 Å². The molecule has 0 aliphatic heterocycles. The van der Waals surface area contributed by atoms with Gasteiger partial charge in [-0.25, -0.2) is 20.0 Å². The minimum absolute atomic E-state index is 0.115. The summed E-state index contributed by atoms with van der Waals surface area (Å²) >= 11 is 6.38. The molecule has 6 nitrogen and oxygen atoms in total. The Hall–Kier alpha value is -2.21. The zero-order chi connectivity index (χ0) is 21.1. The summed E-state index contributed by atoms with van der Waals surface area (Å²) in [4.78, 5) is 25.2. The van der Waals surface area contributed by atoms with Gasteiger partial charge in [-0.1, -0.05) is 42.0 Å². The van der Waals surface area contributed by atoms with Crippen LogP contribution >= 0.6 is 11.6 Å². The van der Waals surface area contributed by atoms with Crippen molar-refractivity contribution < 1.29 is 19.1 Å². The van der Waals surface area contributed by atoms with Gasteiger partial charge in [-0.2, -0.15) is 0 Å². The topological polar surface area (TPSA) is 67.9 Å². The molecule has 0 fully saturated rings. The predicted octanol–water partition coefficient (Wildman–Crippen LogP) is 5.43. The average Bonchev–Trinajstić information content (AvgIpc) is 2.98. The van der Waals surface area contributed by atoms with E-state index in [4.69, 9.17) is 21.1 Å². The van der Waals surface area contributed by atoms with Crippen LogP contribution in [0.2, 0.25) is 5.02 Å². The SMILES string of the molecule is CC(C)(C)OC(=O)NN(C(=O)OC(C)(C)C)[C@@H]1C=CC[C@H]1c1ccccc1Cl. The minimum atomic E-state index is -0.725. The van der Waals surface area contributed by atoms with Crippen LogP contribution in [-0.2, 0) is 9.47 Å². The molecule has 1 aliphatic rings. The fourth-order valence-electron chi connectivity index (χ4n) is 2.94. The van der Waals surface area contributed by atoms with Crippen LogP contribution in [0.25, 0.3) is 0 Å². The van der Waals surface area contributed by atoms with Gasteiger partial charge in [-0.3, -0.25) is 0 Å². The highest BCUT2D eigenvalue weighted by atomic mass is 35.5. The Kier molecular flexibility index (Phi) is 6.65. The number of ether oxygens (including phenoxy) is 2. The number of halogens is 1. The van der Waals surface area contributed by atoms with E-state index in [2.05, 4.69) is 5.43 Å². The first-order chi connectivity index (χ1) is 12.9. The molecule has 154 valence electrons. The molecule has 0 heterocycles. The third-order valence-corrected chi connectivity index (χ3v) is 4.28. The summed E-state index contributed by atoms with van der Waals surface area (Å²) in [7, 11) is 0. The average molecular weight is 409 g/mol. The molecule has 0 unspecified atom stereocenters. The molecule has 0 aromatic heterocycles. The van der Waals surface area contributed by atoms with E-state index >= 15 is 0 Å². The Bertz CT molecular complexity index is 750. The fraction of sp³-hybridized carbons (Fsp3) is 0.524. The Morgan fingerprint density at radius 3 is 2.25 bits per heavy atom. The summed E-state index contributed by atoms with van der Waals surface area (Å²) in [6.07, 6.45) is 3.13. The number of nitrogens with zero attached hydrogens (tertiary/aromatic N) is 1. The summed E-state index contributed by atoms with van der Waals surface area (Å²) in [5.74, 6) is -0.115. The number of nitrogens with one attached hydrogen (secondary N) is 1. The number of carbonyl (C=O) groups excluding carboxylic acids is 2. The fourth-order valence-corrected chi connectivity index (χ4v) is 3.22. The van der Waals surface area contributed by atoms with E-state index in [0.717, 1.165) is 5.56 Å². The van der Waals surface area contributed by atoms with E-state index in [9.17, 15) is 9.59 Å². The van der Waals surface area contributed by atoms with Crippen LogP contribution in [-0.4, -0.2) is 34.4 Å². The van der Waals surface area contributed by atoms with Gasteiger partial charge in [0.2, 0.25) is 0 Å². The molecule has 0 bridgehead atoms. The molecule has 1 N–H and O–H groups in total. The van der Waals surface area contributed by atoms with Crippen LogP contribution in [0.1, 0.15) is 59.4 Å². The lowest BCUT2D eigenvalue weighted by Crippen LogP contribution is -2.54. The number of hydrogen-bond donors (Lipinski definition) is 1. The third kappa shape index (κ3) is 6.16. The maximum absolute atomic E-state index is 12.9. The van der Waals surface area contributed by atoms with Crippen molar-refractivity contribution in [3.8, 4) is 0 Å². The molecular formula is C21H29ClN2O4. The lowest BCUT2D eigenvalue weighted by molar-refractivity contribution is -0.00654. The Labute approximate surface area is 171 Å². The summed E-state index contributed by atoms with van der Waals surface area (Å²) in [6.45, 7) is 10.6. The summed E-state index contributed by atoms with van der Waals surface area (Å²) in [6, 6.07) is 7.03. The second-order valence-corrected chi connectivity index (χ2v) is 9.15. The highest BCUT2D eigenvalue weighted by Gasteiger charge is 2.37. The lowest BCUT2D eigenvalue weighted by Gasteiger charge is -2.34. The minimum Gasteiger partial charge on any atom is -0.443 e. The first kappa shape index (κ1) is 22.1. The van der Waals surface area contributed by atoms with Gasteiger partial charge in [0.15, 0.2) is 0 Å². The van der Waals surface area contributed by atoms with Gasteiger partial charge in [0, 0.05) is 10.9 Å². The molecule has 7 heteroatoms. The van der Waals surface area contributed by atoms with Crippen LogP contribution in [0, 0.1) is 0 Å². The predicted molar refractivity (Wildman–Crippen MR) is 109 cm³/mol. The summed E-state index contributed by atoms with van der Waals surface area (Å²) in [5, 5.41) is 1.80. The molecule has 2 rings (SSSR count). The summed E-state index contributed by atoms with van der Waals surface area (Å²) < 4.78 is 10.8. The number of allylic oxidation sites excluding steroid dienone is 1. The molecule has 28 heavy (non-hydrogen) atoms. The third-order valence-electron chi connectivity index (χ3n) is 3.94. The first-order valence-electron chi connectivity index (χ1n) is 9.30. The van der Waals surface area contributed by atoms with E-state index in [1.807, 2.05) is 36.4 Å². The maximum atomic E-state index is 12.9. The van der Waals surface area contributed by atoms with E-state index < -0.39 is 29.4 Å². The van der Waals surface area contributed by atoms with Crippen molar-refractivity contribution in [1.82, 2.24) is 10.4 Å². The normalized spacial score (nSPS) is 19.2. The van der Waals surface area contributed by atoms with Gasteiger partial charge in [0.05, 0.1) is 6.04 Å². The van der Waals surface area contributed by atoms with Crippen LogP contribution in [0.3, 0.4) is 0 Å². The zero-order valence-electron chi connectivity index (χ0n) is 17.3. The molecule has 1 aromatic rings. The van der Waals surface area contributed by atoms with Crippen LogP contribution in [0.5, 0.6) is 0 Å². The number of benzene rings is 1. The molecule has 0 saturated heterocycles. The molecule has 0 saturated carbocycles. The van der Waals surface area contributed by atoms with E-state index in [0.29, 0.717) is 11.4 Å². The van der Waals surface area contributed by atoms with E-state index in [1.54, 1.807) is 41.5 Å². The van der Waals surface area contributed by atoms with Crippen molar-refractivity contribution in [2.75, 3.05) is 0 Å². The van der Waals surface area contributed by atoms with Crippen LogP contribution in [0.4, 0.5) is 9.59 Å². The number of hydrogen-bond acceptors (Lipinski definition) is 4. The molecule has 1 aromatic carbocycles. The number of amides is 2. The van der Waals surface area contributed by atoms with Gasteiger partial charge in [-0.05, 0) is 59.6 Å². The van der Waals surface area contributed by atoms with Crippen molar-refractivity contribution in [1.29, 1.82) is 0 Å². The number of carbonyl (C=O) groups is 2. The standard InChI is InChI=1S/C21H29ClN2O4/c1-20(2,3)27-18(25)23-24(19(26)28-21(4,5)6)17-13-9-11-15(17)14-10-7-8-12-16(14)22/h7-10,12-13,15,17H,11H2,1-6H3,(H,23,25)/t15-,17+/m0/s1. The molecule has 2 atom stereocenters. The smallest absolute Gasteiger partial charge is 0.429 e. The van der Waals surface area contributed by atoms with Gasteiger partial charge < -0.3 is 9.47 Å². The van der Waals surface area contributed by atoms with E-state index in [-0.39, 0.29) is 5.92 Å². The van der Waals surface area contributed by atoms with Crippen molar-refractivity contribution >= 4 is 23.8 Å². The van der Waals surface area contributed by atoms with Gasteiger partial charge >= 0.3 is 12.2 Å². The van der Waals surface area contributed by atoms with Gasteiger partial charge in [0.1, 0.15) is 11.2 Å². The number of rotatable bonds is 2. The van der Waals surface area contributed by atoms with Gasteiger partial charge in [0.25, 0.3) is 0 Å². The highest BCUT2D eigenvalue weighted by molar-refractivity contribution is 6.31. The largest absolute Gasteiger partial charge is 0.443 e. The first-order valence-corrected chi connectivity index (χ1v) is 9.68. The monoisotopic (exact) mass is 408 g/mol. The quantitative estimate of drug-likeness (QED) is 0.523. The molecule has 2 amide bonds. The molecule has 0 spiro atoms. The second kappa shape index (κ2) is 8.43. The van der Waals surface area contributed by atoms with Crippen molar-refractivity contribution in [2.24, 2.45) is 0 Å². The van der Waals surface area contributed by atoms with Gasteiger partial charge in [-0.15, -0.1) is 0 Å². The lowest BCUT2D eigenvalue weighted by atomic mass is 9.93. The Morgan fingerprint density at radius 1 is 1.07 bits per heavy atom. The van der Waals surface area contributed by atoms with Crippen LogP contribution < -0.4 is 5.43 Å². The summed E-state index contributed by atoms with van der Waals surface area (Å²) in [5.41, 5.74) is 2.05.